The Bertz CT molecular complexity index is 622. The molecule has 0 saturated heterocycles. The van der Waals surface area contributed by atoms with Gasteiger partial charge in [-0.1, -0.05) is 11.2 Å². The van der Waals surface area contributed by atoms with E-state index in [-0.39, 0.29) is 11.7 Å². The minimum absolute atomic E-state index is 0.143. The van der Waals surface area contributed by atoms with Crippen LogP contribution in [-0.4, -0.2) is 22.9 Å². The number of benzene rings is 1. The van der Waals surface area contributed by atoms with Crippen molar-refractivity contribution in [2.45, 2.75) is 25.4 Å². The van der Waals surface area contributed by atoms with Crippen LogP contribution in [0.3, 0.4) is 0 Å². The maximum absolute atomic E-state index is 12.3. The summed E-state index contributed by atoms with van der Waals surface area (Å²) in [4.78, 5) is 3.85. The van der Waals surface area contributed by atoms with Crippen molar-refractivity contribution in [1.29, 1.82) is 0 Å². The van der Waals surface area contributed by atoms with Crippen molar-refractivity contribution in [2.75, 3.05) is 11.9 Å². The molecule has 20 heavy (non-hydrogen) atoms. The van der Waals surface area contributed by atoms with Crippen LogP contribution in [0.15, 0.2) is 22.7 Å². The Morgan fingerprint density at radius 1 is 1.30 bits per heavy atom. The number of aromatic nitrogens is 2. The maximum atomic E-state index is 12.3. The topological polar surface area (TPSA) is 51.0 Å². The molecule has 2 heterocycles. The normalized spacial score (nSPS) is 14.8. The van der Waals surface area contributed by atoms with Crippen LogP contribution in [0.4, 0.5) is 18.9 Å². The maximum Gasteiger partial charge on any atom is 0.396 e. The minimum Gasteiger partial charge on any atom is -0.385 e. The number of alkyl halides is 3. The molecule has 0 radical (unpaired) electrons. The van der Waals surface area contributed by atoms with Gasteiger partial charge in [0.15, 0.2) is 5.82 Å². The Kier molecular flexibility index (Phi) is 3.11. The van der Waals surface area contributed by atoms with E-state index in [0.717, 1.165) is 30.6 Å². The van der Waals surface area contributed by atoms with E-state index in [1.807, 2.05) is 12.1 Å². The van der Waals surface area contributed by atoms with Gasteiger partial charge in [-0.15, -0.1) is 0 Å². The van der Waals surface area contributed by atoms with Crippen LogP contribution in [0.25, 0.3) is 11.5 Å². The van der Waals surface area contributed by atoms with E-state index in [9.17, 15) is 13.2 Å². The first kappa shape index (κ1) is 13.0. The first-order chi connectivity index (χ1) is 9.53. The molecule has 4 nitrogen and oxygen atoms in total. The molecular weight excluding hydrogens is 271 g/mol. The van der Waals surface area contributed by atoms with Crippen LogP contribution in [0.5, 0.6) is 0 Å². The van der Waals surface area contributed by atoms with Crippen LogP contribution >= 0.6 is 0 Å². The fraction of sp³-hybridized carbons (Fsp3) is 0.385. The fourth-order valence-corrected chi connectivity index (χ4v) is 2.32. The molecule has 7 heteroatoms. The number of hydrogen-bond donors (Lipinski definition) is 1. The summed E-state index contributed by atoms with van der Waals surface area (Å²) in [6.07, 6.45) is -3.70. The molecule has 0 fully saturated rings. The molecule has 0 atom stereocenters. The van der Waals surface area contributed by atoms with Crippen molar-refractivity contribution >= 4 is 5.69 Å². The molecular formula is C13H12F3N3O. The van der Waals surface area contributed by atoms with Crippen LogP contribution < -0.4 is 5.32 Å². The lowest BCUT2D eigenvalue weighted by molar-refractivity contribution is -0.128. The van der Waals surface area contributed by atoms with E-state index < -0.39 is 12.6 Å². The van der Waals surface area contributed by atoms with Crippen molar-refractivity contribution in [2.24, 2.45) is 0 Å². The number of nitrogens with zero attached hydrogens (tertiary/aromatic N) is 2. The number of fused-ring (bicyclic) bond motifs is 1. The van der Waals surface area contributed by atoms with Crippen molar-refractivity contribution in [1.82, 2.24) is 10.1 Å². The Morgan fingerprint density at radius 3 is 2.95 bits per heavy atom. The molecule has 0 saturated carbocycles. The number of hydrogen-bond acceptors (Lipinski definition) is 4. The van der Waals surface area contributed by atoms with Crippen LogP contribution in [-0.2, 0) is 12.8 Å². The van der Waals surface area contributed by atoms with Crippen molar-refractivity contribution in [3.63, 3.8) is 0 Å². The zero-order chi connectivity index (χ0) is 14.2. The third kappa shape index (κ3) is 2.61. The highest BCUT2D eigenvalue weighted by molar-refractivity contribution is 5.69. The second-order valence-corrected chi connectivity index (χ2v) is 4.67. The summed E-state index contributed by atoms with van der Waals surface area (Å²) in [6.45, 7) is 0.889. The predicted molar refractivity (Wildman–Crippen MR) is 66.3 cm³/mol. The Labute approximate surface area is 113 Å². The van der Waals surface area contributed by atoms with Crippen LogP contribution in [0.2, 0.25) is 0 Å². The molecule has 1 aliphatic rings. The standard InChI is InChI=1S/C13H12F3N3O/c14-13(15,16)7-11-18-12(20-19-11)9-3-1-5-10-8(9)4-2-6-17-10/h1,3,5,17H,2,4,6-7H2. The third-order valence-corrected chi connectivity index (χ3v) is 3.15. The molecule has 1 aromatic heterocycles. The monoisotopic (exact) mass is 283 g/mol. The lowest BCUT2D eigenvalue weighted by Gasteiger charge is -2.19. The van der Waals surface area contributed by atoms with Crippen LogP contribution in [0, 0.1) is 0 Å². The summed E-state index contributed by atoms with van der Waals surface area (Å²) in [5.74, 6) is -0.196. The van der Waals surface area contributed by atoms with E-state index >= 15 is 0 Å². The molecule has 1 aliphatic heterocycles. The van der Waals surface area contributed by atoms with Gasteiger partial charge in [-0.05, 0) is 30.5 Å². The average Bonchev–Trinajstić information content (AvgIpc) is 2.84. The summed E-state index contributed by atoms with van der Waals surface area (Å²) in [7, 11) is 0. The highest BCUT2D eigenvalue weighted by atomic mass is 19.4. The van der Waals surface area contributed by atoms with Crippen molar-refractivity contribution in [3.05, 3.63) is 29.6 Å². The van der Waals surface area contributed by atoms with Gasteiger partial charge in [0.25, 0.3) is 5.89 Å². The highest BCUT2D eigenvalue weighted by Gasteiger charge is 2.31. The summed E-state index contributed by atoms with van der Waals surface area (Å²) < 4.78 is 41.9. The Hall–Kier alpha value is -2.05. The zero-order valence-electron chi connectivity index (χ0n) is 10.5. The van der Waals surface area contributed by atoms with Gasteiger partial charge >= 0.3 is 6.18 Å². The molecule has 0 amide bonds. The number of anilines is 1. The molecule has 0 aliphatic carbocycles. The second-order valence-electron chi connectivity index (χ2n) is 4.67. The van der Waals surface area contributed by atoms with E-state index in [1.165, 1.54) is 0 Å². The summed E-state index contributed by atoms with van der Waals surface area (Å²) in [5, 5.41) is 6.65. The number of nitrogens with one attached hydrogen (secondary N) is 1. The van der Waals surface area contributed by atoms with Gasteiger partial charge in [0.05, 0.1) is 0 Å². The van der Waals surface area contributed by atoms with Crippen LogP contribution in [0.1, 0.15) is 17.8 Å². The van der Waals surface area contributed by atoms with Crippen molar-refractivity contribution in [3.8, 4) is 11.5 Å². The second kappa shape index (κ2) is 4.81. The first-order valence-corrected chi connectivity index (χ1v) is 6.28. The van der Waals surface area contributed by atoms with Crippen molar-refractivity contribution < 1.29 is 17.7 Å². The summed E-state index contributed by atoms with van der Waals surface area (Å²) in [5.41, 5.74) is 2.70. The summed E-state index contributed by atoms with van der Waals surface area (Å²) in [6, 6.07) is 5.54. The third-order valence-electron chi connectivity index (χ3n) is 3.15. The van der Waals surface area contributed by atoms with Gasteiger partial charge in [0.2, 0.25) is 0 Å². The molecule has 1 aromatic carbocycles. The van der Waals surface area contributed by atoms with Gasteiger partial charge in [0.1, 0.15) is 6.42 Å². The summed E-state index contributed by atoms with van der Waals surface area (Å²) >= 11 is 0. The molecule has 0 unspecified atom stereocenters. The molecule has 106 valence electrons. The van der Waals surface area contributed by atoms with E-state index in [4.69, 9.17) is 4.52 Å². The number of rotatable bonds is 2. The van der Waals surface area contributed by atoms with E-state index in [0.29, 0.717) is 5.56 Å². The van der Waals surface area contributed by atoms with E-state index in [2.05, 4.69) is 15.5 Å². The average molecular weight is 283 g/mol. The smallest absolute Gasteiger partial charge is 0.385 e. The van der Waals surface area contributed by atoms with E-state index in [1.54, 1.807) is 6.07 Å². The Morgan fingerprint density at radius 2 is 2.15 bits per heavy atom. The Balaban J connectivity index is 1.94. The van der Waals surface area contributed by atoms with Gasteiger partial charge < -0.3 is 9.84 Å². The molecule has 3 rings (SSSR count). The molecule has 2 aromatic rings. The largest absolute Gasteiger partial charge is 0.396 e. The fourth-order valence-electron chi connectivity index (χ4n) is 2.32. The minimum atomic E-state index is -4.33. The molecule has 0 bridgehead atoms. The lowest BCUT2D eigenvalue weighted by atomic mass is 9.97. The van der Waals surface area contributed by atoms with Gasteiger partial charge in [-0.3, -0.25) is 0 Å². The highest BCUT2D eigenvalue weighted by Crippen LogP contribution is 2.32. The predicted octanol–water partition coefficient (Wildman–Crippen LogP) is 3.20. The first-order valence-electron chi connectivity index (χ1n) is 6.28. The SMILES string of the molecule is FC(F)(F)Cc1noc(-c2cccc3c2CCCN3)n1. The number of halogens is 3. The quantitative estimate of drug-likeness (QED) is 0.919. The van der Waals surface area contributed by atoms with Gasteiger partial charge in [-0.25, -0.2) is 0 Å². The van der Waals surface area contributed by atoms with Gasteiger partial charge in [0, 0.05) is 17.8 Å². The van der Waals surface area contributed by atoms with Gasteiger partial charge in [-0.2, -0.15) is 18.2 Å². The molecule has 0 spiro atoms. The zero-order valence-corrected chi connectivity index (χ0v) is 10.5. The molecule has 1 N–H and O–H groups in total. The lowest BCUT2D eigenvalue weighted by Crippen LogP contribution is -2.13.